The first-order chi connectivity index (χ1) is 8.35. The van der Waals surface area contributed by atoms with Crippen molar-refractivity contribution in [2.24, 2.45) is 5.73 Å². The van der Waals surface area contributed by atoms with Crippen molar-refractivity contribution in [1.29, 1.82) is 0 Å². The fraction of sp³-hybridized carbons (Fsp3) is 0.615. The molecule has 1 aromatic heterocycles. The number of carbonyl (C=O) groups is 1. The maximum Gasteiger partial charge on any atom is 0.412 e. The minimum Gasteiger partial charge on any atom is -0.444 e. The molecule has 3 N–H and O–H groups in total. The summed E-state index contributed by atoms with van der Waals surface area (Å²) in [5.74, 6) is 0. The van der Waals surface area contributed by atoms with Crippen molar-refractivity contribution in [2.45, 2.75) is 51.7 Å². The maximum absolute atomic E-state index is 11.7. The Morgan fingerprint density at radius 2 is 2.28 bits per heavy atom. The molecule has 0 bridgehead atoms. The summed E-state index contributed by atoms with van der Waals surface area (Å²) in [6, 6.07) is 0.255. The molecule has 2 rings (SSSR count). The molecule has 1 aliphatic carbocycles. The Labute approximate surface area is 112 Å². The van der Waals surface area contributed by atoms with E-state index in [4.69, 9.17) is 10.5 Å². The molecule has 1 heterocycles. The van der Waals surface area contributed by atoms with Gasteiger partial charge in [-0.2, -0.15) is 0 Å². The number of ether oxygens (including phenoxy) is 1. The lowest BCUT2D eigenvalue weighted by atomic mass is 9.94. The Hall–Kier alpha value is -1.07. The van der Waals surface area contributed by atoms with E-state index in [0.29, 0.717) is 0 Å². The van der Waals surface area contributed by atoms with Gasteiger partial charge in [0.1, 0.15) is 5.60 Å². The van der Waals surface area contributed by atoms with E-state index in [-0.39, 0.29) is 6.04 Å². The molecule has 0 fully saturated rings. The lowest BCUT2D eigenvalue weighted by molar-refractivity contribution is 0.0636. The zero-order valence-electron chi connectivity index (χ0n) is 11.1. The number of carbonyl (C=O) groups excluding carboxylic acids is 1. The summed E-state index contributed by atoms with van der Waals surface area (Å²) in [7, 11) is 0. The van der Waals surface area contributed by atoms with E-state index >= 15 is 0 Å². The highest BCUT2D eigenvalue weighted by molar-refractivity contribution is 7.10. The Morgan fingerprint density at radius 3 is 2.94 bits per heavy atom. The molecule has 1 unspecified atom stereocenters. The number of rotatable bonds is 1. The summed E-state index contributed by atoms with van der Waals surface area (Å²) < 4.78 is 5.25. The van der Waals surface area contributed by atoms with Gasteiger partial charge in [-0.05, 0) is 45.6 Å². The topological polar surface area (TPSA) is 64.3 Å². The van der Waals surface area contributed by atoms with Gasteiger partial charge in [-0.25, -0.2) is 4.79 Å². The summed E-state index contributed by atoms with van der Waals surface area (Å²) in [6.07, 6.45) is 2.44. The van der Waals surface area contributed by atoms with Crippen LogP contribution in [0.2, 0.25) is 0 Å². The first-order valence-corrected chi connectivity index (χ1v) is 7.08. The molecule has 0 aromatic carbocycles. The molecule has 0 spiro atoms. The molecule has 1 aliphatic rings. The van der Waals surface area contributed by atoms with Crippen molar-refractivity contribution in [2.75, 3.05) is 5.32 Å². The largest absolute Gasteiger partial charge is 0.444 e. The van der Waals surface area contributed by atoms with Crippen LogP contribution in [0, 0.1) is 0 Å². The van der Waals surface area contributed by atoms with Crippen LogP contribution < -0.4 is 11.1 Å². The van der Waals surface area contributed by atoms with Crippen LogP contribution in [-0.2, 0) is 17.6 Å². The second-order valence-electron chi connectivity index (χ2n) is 5.68. The molecular formula is C13H20N2O2S. The number of hydrogen-bond donors (Lipinski definition) is 2. The van der Waals surface area contributed by atoms with Crippen molar-refractivity contribution in [1.82, 2.24) is 0 Å². The number of nitrogens with two attached hydrogens (primary N) is 1. The van der Waals surface area contributed by atoms with E-state index in [1.165, 1.54) is 10.4 Å². The van der Waals surface area contributed by atoms with Crippen molar-refractivity contribution in [3.8, 4) is 0 Å². The quantitative estimate of drug-likeness (QED) is 0.823. The number of anilines is 1. The molecule has 1 amide bonds. The highest BCUT2D eigenvalue weighted by Gasteiger charge is 2.22. The van der Waals surface area contributed by atoms with Gasteiger partial charge in [0.05, 0.1) is 5.69 Å². The average molecular weight is 268 g/mol. The molecule has 18 heavy (non-hydrogen) atoms. The number of nitrogens with one attached hydrogen (secondary N) is 1. The van der Waals surface area contributed by atoms with E-state index < -0.39 is 11.7 Å². The molecule has 1 aromatic rings. The van der Waals surface area contributed by atoms with Gasteiger partial charge in [-0.3, -0.25) is 5.32 Å². The van der Waals surface area contributed by atoms with E-state index in [1.807, 2.05) is 26.2 Å². The Balaban J connectivity index is 2.05. The Morgan fingerprint density at radius 1 is 1.56 bits per heavy atom. The molecule has 0 radical (unpaired) electrons. The SMILES string of the molecule is CC(C)(C)OC(=O)Nc1csc2c1CCC(N)C2. The first kappa shape index (κ1) is 13.4. The van der Waals surface area contributed by atoms with Crippen molar-refractivity contribution in [3.05, 3.63) is 15.8 Å². The van der Waals surface area contributed by atoms with Gasteiger partial charge in [-0.15, -0.1) is 11.3 Å². The van der Waals surface area contributed by atoms with Gasteiger partial charge in [0.15, 0.2) is 0 Å². The predicted molar refractivity (Wildman–Crippen MR) is 74.2 cm³/mol. The van der Waals surface area contributed by atoms with E-state index in [9.17, 15) is 4.79 Å². The van der Waals surface area contributed by atoms with Gasteiger partial charge in [0, 0.05) is 16.3 Å². The lowest BCUT2D eigenvalue weighted by Crippen LogP contribution is -2.29. The highest BCUT2D eigenvalue weighted by atomic mass is 32.1. The second kappa shape index (κ2) is 4.90. The first-order valence-electron chi connectivity index (χ1n) is 6.20. The van der Waals surface area contributed by atoms with Crippen molar-refractivity contribution < 1.29 is 9.53 Å². The summed E-state index contributed by atoms with van der Waals surface area (Å²) in [6.45, 7) is 5.57. The summed E-state index contributed by atoms with van der Waals surface area (Å²) in [5, 5.41) is 4.81. The van der Waals surface area contributed by atoms with Gasteiger partial charge >= 0.3 is 6.09 Å². The molecule has 0 aliphatic heterocycles. The van der Waals surface area contributed by atoms with Gasteiger partial charge in [0.2, 0.25) is 0 Å². The van der Waals surface area contributed by atoms with E-state index in [0.717, 1.165) is 24.9 Å². The third-order valence-corrected chi connectivity index (χ3v) is 3.88. The maximum atomic E-state index is 11.7. The molecule has 100 valence electrons. The number of fused-ring (bicyclic) bond motifs is 1. The fourth-order valence-electron chi connectivity index (χ4n) is 2.06. The molecule has 4 nitrogen and oxygen atoms in total. The number of hydrogen-bond acceptors (Lipinski definition) is 4. The van der Waals surface area contributed by atoms with Crippen LogP contribution in [0.25, 0.3) is 0 Å². The Bertz CT molecular complexity index is 448. The van der Waals surface area contributed by atoms with Crippen LogP contribution >= 0.6 is 11.3 Å². The minimum atomic E-state index is -0.470. The normalized spacial score (nSPS) is 19.2. The zero-order chi connectivity index (χ0) is 13.3. The predicted octanol–water partition coefficient (Wildman–Crippen LogP) is 2.91. The highest BCUT2D eigenvalue weighted by Crippen LogP contribution is 2.33. The molecule has 0 saturated carbocycles. The summed E-state index contributed by atoms with van der Waals surface area (Å²) >= 11 is 1.67. The van der Waals surface area contributed by atoms with Crippen molar-refractivity contribution >= 4 is 23.1 Å². The van der Waals surface area contributed by atoms with Crippen LogP contribution in [0.5, 0.6) is 0 Å². The van der Waals surface area contributed by atoms with Crippen LogP contribution in [-0.4, -0.2) is 17.7 Å². The summed E-state index contributed by atoms with van der Waals surface area (Å²) in [5.41, 5.74) is 7.58. The van der Waals surface area contributed by atoms with Crippen LogP contribution in [0.4, 0.5) is 10.5 Å². The van der Waals surface area contributed by atoms with Gasteiger partial charge in [-0.1, -0.05) is 0 Å². The lowest BCUT2D eigenvalue weighted by Gasteiger charge is -2.21. The Kier molecular flexibility index (Phi) is 3.64. The zero-order valence-corrected chi connectivity index (χ0v) is 11.9. The standard InChI is InChI=1S/C13H20N2O2S/c1-13(2,3)17-12(16)15-10-7-18-11-6-8(14)4-5-9(10)11/h7-8H,4-6,14H2,1-3H3,(H,15,16). The number of amides is 1. The average Bonchev–Trinajstić information content (AvgIpc) is 2.57. The van der Waals surface area contributed by atoms with Gasteiger partial charge < -0.3 is 10.5 Å². The van der Waals surface area contributed by atoms with Gasteiger partial charge in [0.25, 0.3) is 0 Å². The molecule has 5 heteroatoms. The van der Waals surface area contributed by atoms with E-state index in [2.05, 4.69) is 5.32 Å². The summed E-state index contributed by atoms with van der Waals surface area (Å²) in [4.78, 5) is 13.0. The second-order valence-corrected chi connectivity index (χ2v) is 6.65. The fourth-order valence-corrected chi connectivity index (χ4v) is 3.18. The molecule has 0 saturated heterocycles. The molecule has 1 atom stereocenters. The minimum absolute atomic E-state index is 0.255. The van der Waals surface area contributed by atoms with Crippen molar-refractivity contribution in [3.63, 3.8) is 0 Å². The van der Waals surface area contributed by atoms with Crippen LogP contribution in [0.1, 0.15) is 37.6 Å². The van der Waals surface area contributed by atoms with E-state index in [1.54, 1.807) is 11.3 Å². The van der Waals surface area contributed by atoms with Crippen LogP contribution in [0.3, 0.4) is 0 Å². The van der Waals surface area contributed by atoms with Crippen LogP contribution in [0.15, 0.2) is 5.38 Å². The third kappa shape index (κ3) is 3.23. The molecular weight excluding hydrogens is 248 g/mol. The number of thiophene rings is 1. The monoisotopic (exact) mass is 268 g/mol. The smallest absolute Gasteiger partial charge is 0.412 e. The third-order valence-electron chi connectivity index (χ3n) is 2.83.